The Balaban J connectivity index is 1.60. The van der Waals surface area contributed by atoms with Gasteiger partial charge < -0.3 is 23.9 Å². The van der Waals surface area contributed by atoms with Crippen molar-refractivity contribution in [2.45, 2.75) is 9.92 Å². The Morgan fingerprint density at radius 1 is 0.909 bits per heavy atom. The molecule has 1 aromatic heterocycles. The second kappa shape index (κ2) is 8.51. The molecule has 0 aliphatic carbocycles. The molecule has 0 bridgehead atoms. The van der Waals surface area contributed by atoms with E-state index in [0.29, 0.717) is 41.7 Å². The van der Waals surface area contributed by atoms with Gasteiger partial charge in [-0.25, -0.2) is 8.42 Å². The maximum absolute atomic E-state index is 13.6. The summed E-state index contributed by atoms with van der Waals surface area (Å²) in [4.78, 5) is 4.39. The number of nitrogens with one attached hydrogen (secondary N) is 1. The minimum atomic E-state index is -4.05. The van der Waals surface area contributed by atoms with Gasteiger partial charge in [0.25, 0.3) is 0 Å². The van der Waals surface area contributed by atoms with E-state index in [0.717, 1.165) is 0 Å². The second-order valence-corrected chi connectivity index (χ2v) is 9.05. The van der Waals surface area contributed by atoms with Crippen molar-refractivity contribution in [2.24, 2.45) is 0 Å². The van der Waals surface area contributed by atoms with Crippen LogP contribution in [0.3, 0.4) is 0 Å². The Morgan fingerprint density at radius 3 is 2.36 bits per heavy atom. The molecule has 8 nitrogen and oxygen atoms in total. The van der Waals surface area contributed by atoms with Crippen molar-refractivity contribution in [3.63, 3.8) is 0 Å². The third-order valence-corrected chi connectivity index (χ3v) is 6.70. The average Bonchev–Trinajstić information content (AvgIpc) is 3.29. The van der Waals surface area contributed by atoms with E-state index in [2.05, 4.69) is 10.3 Å². The van der Waals surface area contributed by atoms with Crippen LogP contribution in [0.2, 0.25) is 0 Å². The molecular weight excluding hydrogens is 444 g/mol. The number of hydrogen-bond donors (Lipinski definition) is 1. The van der Waals surface area contributed by atoms with Crippen molar-refractivity contribution < 1.29 is 27.0 Å². The summed E-state index contributed by atoms with van der Waals surface area (Å²) in [5.74, 6) is 1.71. The molecule has 4 aromatic rings. The van der Waals surface area contributed by atoms with E-state index in [4.69, 9.17) is 18.6 Å². The summed E-state index contributed by atoms with van der Waals surface area (Å²) in [6.07, 6.45) is 0. The zero-order valence-electron chi connectivity index (χ0n) is 17.6. The summed E-state index contributed by atoms with van der Waals surface area (Å²) < 4.78 is 49.3. The minimum Gasteiger partial charge on any atom is -0.497 e. The van der Waals surface area contributed by atoms with Gasteiger partial charge in [0.2, 0.25) is 26.6 Å². The van der Waals surface area contributed by atoms with E-state index in [1.54, 1.807) is 49.6 Å². The molecule has 9 heteroatoms. The molecule has 0 amide bonds. The standard InChI is InChI=1S/C24H20N2O6S/c1-29-18-9-7-16(8-10-18)22-26-24(23(32-22)25-17-5-3-2-4-6-17)33(27,28)19-11-12-20-21(15-19)31-14-13-30-20/h2-12,15,25H,13-14H2,1H3. The molecule has 0 atom stereocenters. The molecule has 2 heterocycles. The van der Waals surface area contributed by atoms with Crippen LogP contribution in [0.25, 0.3) is 11.5 Å². The molecule has 3 aromatic carbocycles. The Hall–Kier alpha value is -3.98. The first-order valence-corrected chi connectivity index (χ1v) is 11.6. The highest BCUT2D eigenvalue weighted by Gasteiger charge is 2.30. The van der Waals surface area contributed by atoms with E-state index in [1.807, 2.05) is 18.2 Å². The topological polar surface area (TPSA) is 99.9 Å². The first-order chi connectivity index (χ1) is 16.0. The third kappa shape index (κ3) is 4.10. The Labute approximate surface area is 190 Å². The third-order valence-electron chi connectivity index (χ3n) is 5.04. The Bertz CT molecular complexity index is 1380. The van der Waals surface area contributed by atoms with Crippen molar-refractivity contribution in [3.8, 4) is 28.7 Å². The number of aromatic nitrogens is 1. The maximum atomic E-state index is 13.6. The van der Waals surface area contributed by atoms with Gasteiger partial charge in [0.15, 0.2) is 11.5 Å². The van der Waals surface area contributed by atoms with Gasteiger partial charge in [0, 0.05) is 17.3 Å². The number of hydrogen-bond acceptors (Lipinski definition) is 8. The number of oxazole rings is 1. The van der Waals surface area contributed by atoms with Crippen LogP contribution >= 0.6 is 0 Å². The smallest absolute Gasteiger partial charge is 0.238 e. The summed E-state index contributed by atoms with van der Waals surface area (Å²) in [6.45, 7) is 0.766. The molecule has 33 heavy (non-hydrogen) atoms. The number of rotatable bonds is 6. The lowest BCUT2D eigenvalue weighted by atomic mass is 10.2. The molecule has 0 fully saturated rings. The minimum absolute atomic E-state index is 0.0157. The molecule has 0 saturated heterocycles. The van der Waals surface area contributed by atoms with Crippen LogP contribution in [-0.2, 0) is 9.84 Å². The largest absolute Gasteiger partial charge is 0.497 e. The number of methoxy groups -OCH3 is 1. The first kappa shape index (κ1) is 20.9. The molecule has 1 N–H and O–H groups in total. The average molecular weight is 464 g/mol. The maximum Gasteiger partial charge on any atom is 0.238 e. The lowest BCUT2D eigenvalue weighted by Gasteiger charge is -2.18. The Kier molecular flexibility index (Phi) is 5.39. The summed E-state index contributed by atoms with van der Waals surface area (Å²) in [7, 11) is -2.48. The van der Waals surface area contributed by atoms with E-state index in [9.17, 15) is 8.42 Å². The first-order valence-electron chi connectivity index (χ1n) is 10.2. The summed E-state index contributed by atoms with van der Waals surface area (Å²) >= 11 is 0. The van der Waals surface area contributed by atoms with Crippen LogP contribution in [0.15, 0.2) is 87.1 Å². The molecule has 0 saturated carbocycles. The van der Waals surface area contributed by atoms with Crippen LogP contribution in [0, 0.1) is 0 Å². The fraction of sp³-hybridized carbons (Fsp3) is 0.125. The van der Waals surface area contributed by atoms with Gasteiger partial charge in [-0.15, -0.1) is 0 Å². The quantitative estimate of drug-likeness (QED) is 0.438. The van der Waals surface area contributed by atoms with E-state index >= 15 is 0 Å². The number of nitrogens with zero attached hydrogens (tertiary/aromatic N) is 1. The van der Waals surface area contributed by atoms with Crippen LogP contribution < -0.4 is 19.5 Å². The molecule has 0 spiro atoms. The predicted octanol–water partition coefficient (Wildman–Crippen LogP) is 4.70. The van der Waals surface area contributed by atoms with Crippen molar-refractivity contribution in [1.29, 1.82) is 0 Å². The fourth-order valence-corrected chi connectivity index (χ4v) is 4.65. The van der Waals surface area contributed by atoms with Gasteiger partial charge in [0.05, 0.1) is 12.0 Å². The summed E-state index contributed by atoms with van der Waals surface area (Å²) in [5.41, 5.74) is 1.27. The van der Waals surface area contributed by atoms with Gasteiger partial charge in [-0.05, 0) is 48.5 Å². The highest BCUT2D eigenvalue weighted by atomic mass is 32.2. The predicted molar refractivity (Wildman–Crippen MR) is 121 cm³/mol. The van der Waals surface area contributed by atoms with Gasteiger partial charge in [-0.2, -0.15) is 4.98 Å². The molecule has 1 aliphatic rings. The normalized spacial score (nSPS) is 12.9. The van der Waals surface area contributed by atoms with Crippen molar-refractivity contribution in [1.82, 2.24) is 4.98 Å². The molecule has 1 aliphatic heterocycles. The number of anilines is 2. The van der Waals surface area contributed by atoms with E-state index < -0.39 is 9.84 Å². The highest BCUT2D eigenvalue weighted by molar-refractivity contribution is 7.91. The molecule has 0 unspecified atom stereocenters. The number of sulfone groups is 1. The zero-order chi connectivity index (χ0) is 22.8. The van der Waals surface area contributed by atoms with Gasteiger partial charge >= 0.3 is 0 Å². The van der Waals surface area contributed by atoms with Crippen LogP contribution in [0.1, 0.15) is 0 Å². The molecule has 5 rings (SSSR count). The van der Waals surface area contributed by atoms with Gasteiger partial charge in [0.1, 0.15) is 19.0 Å². The number of ether oxygens (including phenoxy) is 3. The van der Waals surface area contributed by atoms with Gasteiger partial charge in [-0.3, -0.25) is 0 Å². The fourth-order valence-electron chi connectivity index (χ4n) is 3.38. The monoisotopic (exact) mass is 464 g/mol. The van der Waals surface area contributed by atoms with Crippen molar-refractivity contribution >= 4 is 21.4 Å². The summed E-state index contributed by atoms with van der Waals surface area (Å²) in [6, 6.07) is 20.6. The van der Waals surface area contributed by atoms with Crippen molar-refractivity contribution in [2.75, 3.05) is 25.6 Å². The van der Waals surface area contributed by atoms with Crippen LogP contribution in [0.4, 0.5) is 11.6 Å². The van der Waals surface area contributed by atoms with E-state index in [-0.39, 0.29) is 21.7 Å². The summed E-state index contributed by atoms with van der Waals surface area (Å²) in [5, 5.41) is 2.81. The highest BCUT2D eigenvalue weighted by Crippen LogP contribution is 2.38. The Morgan fingerprint density at radius 2 is 1.64 bits per heavy atom. The number of benzene rings is 3. The lowest BCUT2D eigenvalue weighted by Crippen LogP contribution is -2.16. The lowest BCUT2D eigenvalue weighted by molar-refractivity contribution is 0.171. The van der Waals surface area contributed by atoms with Crippen molar-refractivity contribution in [3.05, 3.63) is 72.8 Å². The SMILES string of the molecule is COc1ccc(-c2nc(S(=O)(=O)c3ccc4c(c3)OCCO4)c(Nc3ccccc3)o2)cc1. The molecule has 168 valence electrons. The number of fused-ring (bicyclic) bond motifs is 1. The van der Waals surface area contributed by atoms with Crippen LogP contribution in [-0.4, -0.2) is 33.7 Å². The van der Waals surface area contributed by atoms with Gasteiger partial charge in [-0.1, -0.05) is 18.2 Å². The number of para-hydroxylation sites is 1. The second-order valence-electron chi connectivity index (χ2n) is 7.18. The molecule has 0 radical (unpaired) electrons. The molecular formula is C24H20N2O6S. The van der Waals surface area contributed by atoms with E-state index in [1.165, 1.54) is 12.1 Å². The van der Waals surface area contributed by atoms with Crippen LogP contribution in [0.5, 0.6) is 17.2 Å². The zero-order valence-corrected chi connectivity index (χ0v) is 18.5.